The summed E-state index contributed by atoms with van der Waals surface area (Å²) < 4.78 is 0. The van der Waals surface area contributed by atoms with Crippen LogP contribution in [0.5, 0.6) is 0 Å². The zero-order valence-electron chi connectivity index (χ0n) is 13.7. The Labute approximate surface area is 133 Å². The second-order valence-electron chi connectivity index (χ2n) is 6.25. The molecule has 1 aliphatic rings. The summed E-state index contributed by atoms with van der Waals surface area (Å²) in [6.45, 7) is 2.74. The minimum Gasteiger partial charge on any atom is -0.399 e. The van der Waals surface area contributed by atoms with Crippen molar-refractivity contribution >= 4 is 17.3 Å². The summed E-state index contributed by atoms with van der Waals surface area (Å²) in [6, 6.07) is 6.04. The monoisotopic (exact) mass is 303 g/mol. The van der Waals surface area contributed by atoms with E-state index in [1.807, 2.05) is 19.1 Å². The lowest BCUT2D eigenvalue weighted by Gasteiger charge is -2.23. The molecule has 0 radical (unpaired) electrons. The summed E-state index contributed by atoms with van der Waals surface area (Å²) in [4.78, 5) is 12.3. The minimum atomic E-state index is -0.0394. The number of nitrogens with one attached hydrogen (secondary N) is 2. The van der Waals surface area contributed by atoms with Crippen molar-refractivity contribution in [1.82, 2.24) is 5.32 Å². The molecule has 2 rings (SSSR count). The fraction of sp³-hybridized carbons (Fsp3) is 0.611. The molecule has 1 aromatic carbocycles. The van der Waals surface area contributed by atoms with Crippen molar-refractivity contribution in [1.29, 1.82) is 0 Å². The highest BCUT2D eigenvalue weighted by Gasteiger charge is 2.16. The lowest BCUT2D eigenvalue weighted by atomic mass is 9.96. The first-order valence-corrected chi connectivity index (χ1v) is 8.65. The van der Waals surface area contributed by atoms with Gasteiger partial charge in [-0.05, 0) is 37.5 Å². The summed E-state index contributed by atoms with van der Waals surface area (Å²) in [6.07, 6.45) is 9.83. The van der Waals surface area contributed by atoms with Crippen LogP contribution >= 0.6 is 0 Å². The van der Waals surface area contributed by atoms with Crippen LogP contribution in [-0.4, -0.2) is 18.5 Å². The molecule has 0 heterocycles. The van der Waals surface area contributed by atoms with E-state index in [9.17, 15) is 4.79 Å². The van der Waals surface area contributed by atoms with Crippen LogP contribution in [0.15, 0.2) is 18.2 Å². The molecule has 0 aromatic heterocycles. The molecule has 1 aliphatic carbocycles. The van der Waals surface area contributed by atoms with Gasteiger partial charge < -0.3 is 16.4 Å². The lowest BCUT2D eigenvalue weighted by Crippen LogP contribution is -2.27. The van der Waals surface area contributed by atoms with Gasteiger partial charge in [-0.15, -0.1) is 0 Å². The number of carbonyl (C=O) groups is 1. The third-order valence-electron chi connectivity index (χ3n) is 4.29. The SMILES string of the molecule is CCCNC(=O)c1cc(N)ccc1NC1CCCCCCC1. The third-order valence-corrected chi connectivity index (χ3v) is 4.29. The molecule has 0 aliphatic heterocycles. The van der Waals surface area contributed by atoms with Crippen LogP contribution < -0.4 is 16.4 Å². The molecule has 0 bridgehead atoms. The Morgan fingerprint density at radius 1 is 1.18 bits per heavy atom. The van der Waals surface area contributed by atoms with E-state index in [2.05, 4.69) is 10.6 Å². The van der Waals surface area contributed by atoms with E-state index in [1.54, 1.807) is 6.07 Å². The van der Waals surface area contributed by atoms with Crippen molar-refractivity contribution in [2.24, 2.45) is 0 Å². The molecular weight excluding hydrogens is 274 g/mol. The van der Waals surface area contributed by atoms with E-state index in [4.69, 9.17) is 5.73 Å². The van der Waals surface area contributed by atoms with Crippen molar-refractivity contribution in [3.8, 4) is 0 Å². The van der Waals surface area contributed by atoms with E-state index in [1.165, 1.54) is 44.9 Å². The zero-order chi connectivity index (χ0) is 15.8. The van der Waals surface area contributed by atoms with E-state index >= 15 is 0 Å². The van der Waals surface area contributed by atoms with E-state index in [0.717, 1.165) is 12.1 Å². The average molecular weight is 303 g/mol. The molecular formula is C18H29N3O. The molecule has 1 amide bonds. The van der Waals surface area contributed by atoms with Crippen LogP contribution in [0.3, 0.4) is 0 Å². The fourth-order valence-electron chi connectivity index (χ4n) is 3.03. The second-order valence-corrected chi connectivity index (χ2v) is 6.25. The number of benzene rings is 1. The van der Waals surface area contributed by atoms with Gasteiger partial charge in [0.1, 0.15) is 0 Å². The molecule has 4 nitrogen and oxygen atoms in total. The van der Waals surface area contributed by atoms with Crippen LogP contribution in [0.1, 0.15) is 68.6 Å². The maximum atomic E-state index is 12.3. The third kappa shape index (κ3) is 4.93. The minimum absolute atomic E-state index is 0.0394. The predicted octanol–water partition coefficient (Wildman–Crippen LogP) is 3.93. The molecule has 1 aromatic rings. The molecule has 0 saturated heterocycles. The number of nitrogen functional groups attached to an aromatic ring is 1. The van der Waals surface area contributed by atoms with E-state index in [-0.39, 0.29) is 5.91 Å². The summed E-state index contributed by atoms with van der Waals surface area (Å²) in [7, 11) is 0. The van der Waals surface area contributed by atoms with Crippen LogP contribution in [0.4, 0.5) is 11.4 Å². The Morgan fingerprint density at radius 3 is 2.55 bits per heavy atom. The maximum Gasteiger partial charge on any atom is 0.253 e. The quantitative estimate of drug-likeness (QED) is 0.722. The van der Waals surface area contributed by atoms with Gasteiger partial charge in [-0.25, -0.2) is 0 Å². The van der Waals surface area contributed by atoms with Crippen molar-refractivity contribution in [2.75, 3.05) is 17.6 Å². The van der Waals surface area contributed by atoms with Crippen molar-refractivity contribution in [3.63, 3.8) is 0 Å². The number of amides is 1. The first-order valence-electron chi connectivity index (χ1n) is 8.65. The average Bonchev–Trinajstić information content (AvgIpc) is 2.48. The number of hydrogen-bond donors (Lipinski definition) is 3. The van der Waals surface area contributed by atoms with Gasteiger partial charge in [0.15, 0.2) is 0 Å². The molecule has 4 heteroatoms. The number of rotatable bonds is 5. The lowest BCUT2D eigenvalue weighted by molar-refractivity contribution is 0.0954. The molecule has 1 fully saturated rings. The highest BCUT2D eigenvalue weighted by molar-refractivity contribution is 6.00. The molecule has 0 unspecified atom stereocenters. The van der Waals surface area contributed by atoms with Crippen molar-refractivity contribution < 1.29 is 4.79 Å². The van der Waals surface area contributed by atoms with E-state index in [0.29, 0.717) is 23.8 Å². The molecule has 22 heavy (non-hydrogen) atoms. The number of nitrogens with two attached hydrogens (primary N) is 1. The molecule has 1 saturated carbocycles. The zero-order valence-corrected chi connectivity index (χ0v) is 13.7. The van der Waals surface area contributed by atoms with Gasteiger partial charge in [0, 0.05) is 24.0 Å². The Hall–Kier alpha value is -1.71. The van der Waals surface area contributed by atoms with Crippen LogP contribution in [-0.2, 0) is 0 Å². The van der Waals surface area contributed by atoms with Gasteiger partial charge in [-0.2, -0.15) is 0 Å². The molecule has 4 N–H and O–H groups in total. The molecule has 0 spiro atoms. The number of anilines is 2. The van der Waals surface area contributed by atoms with Gasteiger partial charge in [0.25, 0.3) is 5.91 Å². The van der Waals surface area contributed by atoms with Crippen molar-refractivity contribution in [3.05, 3.63) is 23.8 Å². The summed E-state index contributed by atoms with van der Waals surface area (Å²) >= 11 is 0. The summed E-state index contributed by atoms with van der Waals surface area (Å²) in [5.41, 5.74) is 8.07. The summed E-state index contributed by atoms with van der Waals surface area (Å²) in [5, 5.41) is 6.53. The standard InChI is InChI=1S/C18H29N3O/c1-2-12-20-18(22)16-13-14(19)10-11-17(16)21-15-8-6-4-3-5-7-9-15/h10-11,13,15,21H,2-9,12,19H2,1H3,(H,20,22). The van der Waals surface area contributed by atoms with Gasteiger partial charge in [0.05, 0.1) is 5.56 Å². The van der Waals surface area contributed by atoms with Gasteiger partial charge >= 0.3 is 0 Å². The smallest absolute Gasteiger partial charge is 0.253 e. The van der Waals surface area contributed by atoms with Gasteiger partial charge in [0.2, 0.25) is 0 Å². The van der Waals surface area contributed by atoms with E-state index < -0.39 is 0 Å². The highest BCUT2D eigenvalue weighted by atomic mass is 16.1. The highest BCUT2D eigenvalue weighted by Crippen LogP contribution is 2.24. The Kier molecular flexibility index (Phi) is 6.56. The number of hydrogen-bond acceptors (Lipinski definition) is 3. The number of carbonyl (C=O) groups excluding carboxylic acids is 1. The Balaban J connectivity index is 2.09. The normalized spacial score (nSPS) is 16.6. The fourth-order valence-corrected chi connectivity index (χ4v) is 3.03. The summed E-state index contributed by atoms with van der Waals surface area (Å²) in [5.74, 6) is -0.0394. The van der Waals surface area contributed by atoms with Crippen LogP contribution in [0.2, 0.25) is 0 Å². The molecule has 0 atom stereocenters. The largest absolute Gasteiger partial charge is 0.399 e. The Morgan fingerprint density at radius 2 is 1.86 bits per heavy atom. The van der Waals surface area contributed by atoms with Gasteiger partial charge in [-0.3, -0.25) is 4.79 Å². The second kappa shape index (κ2) is 8.66. The Bertz CT molecular complexity index is 479. The first-order chi connectivity index (χ1) is 10.7. The predicted molar refractivity (Wildman–Crippen MR) is 93.2 cm³/mol. The van der Waals surface area contributed by atoms with Crippen LogP contribution in [0, 0.1) is 0 Å². The topological polar surface area (TPSA) is 67.2 Å². The van der Waals surface area contributed by atoms with Crippen LogP contribution in [0.25, 0.3) is 0 Å². The first kappa shape index (κ1) is 16.7. The maximum absolute atomic E-state index is 12.3. The van der Waals surface area contributed by atoms with Gasteiger partial charge in [-0.1, -0.05) is 39.0 Å². The molecule has 122 valence electrons. The van der Waals surface area contributed by atoms with Crippen molar-refractivity contribution in [2.45, 2.75) is 64.3 Å².